The number of aryl methyl sites for hydroxylation is 1. The summed E-state index contributed by atoms with van der Waals surface area (Å²) in [5, 5.41) is 0.447. The molecule has 1 amide bonds. The zero-order valence-corrected chi connectivity index (χ0v) is 20.8. The lowest BCUT2D eigenvalue weighted by Gasteiger charge is -2.27. The molecule has 0 spiro atoms. The molecule has 30 heavy (non-hydrogen) atoms. The van der Waals surface area contributed by atoms with Gasteiger partial charge in [0.15, 0.2) is 0 Å². The van der Waals surface area contributed by atoms with Crippen molar-refractivity contribution in [2.75, 3.05) is 10.7 Å². The molecule has 0 saturated carbocycles. The fourth-order valence-electron chi connectivity index (χ4n) is 3.29. The van der Waals surface area contributed by atoms with Gasteiger partial charge in [0.25, 0.3) is 0 Å². The minimum absolute atomic E-state index is 0.0629. The zero-order chi connectivity index (χ0) is 21.3. The first-order valence-corrected chi connectivity index (χ1v) is 12.3. The van der Waals surface area contributed by atoms with Crippen LogP contribution < -0.4 is 9.64 Å². The minimum atomic E-state index is -0.194. The van der Waals surface area contributed by atoms with Crippen molar-refractivity contribution < 1.29 is 9.53 Å². The van der Waals surface area contributed by atoms with Gasteiger partial charge in [-0.1, -0.05) is 57.4 Å². The summed E-state index contributed by atoms with van der Waals surface area (Å²) in [5.74, 6) is 1.22. The maximum absolute atomic E-state index is 12.7. The number of hydrogen-bond acceptors (Lipinski definition) is 3. The molecule has 3 aromatic carbocycles. The maximum Gasteiger partial charge on any atom is 0.238 e. The Morgan fingerprint density at radius 3 is 2.50 bits per heavy atom. The second-order valence-corrected chi connectivity index (χ2v) is 10.3. The number of carbonyl (C=O) groups is 1. The predicted octanol–water partition coefficient (Wildman–Crippen LogP) is 7.53. The second kappa shape index (κ2) is 9.35. The molecule has 0 aromatic heterocycles. The van der Waals surface area contributed by atoms with E-state index in [1.807, 2.05) is 29.2 Å². The van der Waals surface area contributed by atoms with E-state index >= 15 is 0 Å². The molecule has 1 saturated heterocycles. The van der Waals surface area contributed by atoms with Crippen LogP contribution in [0.4, 0.5) is 5.69 Å². The van der Waals surface area contributed by atoms with Crippen LogP contribution in [0.3, 0.4) is 0 Å². The van der Waals surface area contributed by atoms with Gasteiger partial charge >= 0.3 is 0 Å². The average Bonchev–Trinajstić information content (AvgIpc) is 3.10. The SMILES string of the molecule is Cc1ccc(COc2c(Br)cc(Br)cc2[C@@H]2SCC(=O)N2c2ccc(Cl)cc2)cc1. The summed E-state index contributed by atoms with van der Waals surface area (Å²) in [6.07, 6.45) is 0. The van der Waals surface area contributed by atoms with Crippen LogP contribution in [-0.2, 0) is 11.4 Å². The summed E-state index contributed by atoms with van der Waals surface area (Å²) in [7, 11) is 0. The number of anilines is 1. The van der Waals surface area contributed by atoms with E-state index in [4.69, 9.17) is 16.3 Å². The van der Waals surface area contributed by atoms with Crippen molar-refractivity contribution in [2.45, 2.75) is 18.9 Å². The third-order valence-corrected chi connectivity index (χ3v) is 7.27. The van der Waals surface area contributed by atoms with Crippen LogP contribution in [0.15, 0.2) is 69.6 Å². The monoisotopic (exact) mass is 565 g/mol. The molecule has 154 valence electrons. The van der Waals surface area contributed by atoms with Gasteiger partial charge in [0.1, 0.15) is 17.7 Å². The van der Waals surface area contributed by atoms with Crippen LogP contribution in [0, 0.1) is 6.92 Å². The van der Waals surface area contributed by atoms with Gasteiger partial charge in [-0.2, -0.15) is 0 Å². The number of hydrogen-bond donors (Lipinski definition) is 0. The van der Waals surface area contributed by atoms with Crippen LogP contribution in [0.25, 0.3) is 0 Å². The van der Waals surface area contributed by atoms with E-state index in [0.717, 1.165) is 31.5 Å². The van der Waals surface area contributed by atoms with E-state index in [9.17, 15) is 4.79 Å². The third-order valence-electron chi connectivity index (χ3n) is 4.78. The van der Waals surface area contributed by atoms with Crippen LogP contribution in [0.1, 0.15) is 22.1 Å². The Labute approximate surface area is 202 Å². The van der Waals surface area contributed by atoms with Gasteiger partial charge in [0.2, 0.25) is 5.91 Å². The molecule has 4 rings (SSSR count). The highest BCUT2D eigenvalue weighted by Crippen LogP contribution is 2.48. The molecule has 1 atom stereocenters. The minimum Gasteiger partial charge on any atom is -0.487 e. The Bertz CT molecular complexity index is 1070. The van der Waals surface area contributed by atoms with Crippen molar-refractivity contribution in [3.05, 3.63) is 91.3 Å². The van der Waals surface area contributed by atoms with Crippen molar-refractivity contribution in [3.8, 4) is 5.75 Å². The lowest BCUT2D eigenvalue weighted by molar-refractivity contribution is -0.115. The summed E-state index contributed by atoms with van der Waals surface area (Å²) in [5.41, 5.74) is 4.06. The molecule has 3 nitrogen and oxygen atoms in total. The summed E-state index contributed by atoms with van der Waals surface area (Å²) < 4.78 is 8.02. The normalized spacial score (nSPS) is 16.2. The molecular formula is C23H18Br2ClNO2S. The molecule has 1 aliphatic heterocycles. The predicted molar refractivity (Wildman–Crippen MR) is 131 cm³/mol. The zero-order valence-electron chi connectivity index (χ0n) is 16.1. The van der Waals surface area contributed by atoms with E-state index in [-0.39, 0.29) is 11.3 Å². The molecule has 1 heterocycles. The number of ether oxygens (including phenoxy) is 1. The number of nitrogens with zero attached hydrogens (tertiary/aromatic N) is 1. The first kappa shape index (κ1) is 21.8. The van der Waals surface area contributed by atoms with Gasteiger partial charge in [-0.15, -0.1) is 11.8 Å². The molecule has 0 aliphatic carbocycles. The smallest absolute Gasteiger partial charge is 0.238 e. The van der Waals surface area contributed by atoms with Crippen LogP contribution in [-0.4, -0.2) is 11.7 Å². The van der Waals surface area contributed by atoms with Gasteiger partial charge in [0, 0.05) is 20.7 Å². The van der Waals surface area contributed by atoms with Crippen molar-refractivity contribution in [1.29, 1.82) is 0 Å². The highest BCUT2D eigenvalue weighted by atomic mass is 79.9. The number of carbonyl (C=O) groups excluding carboxylic acids is 1. The lowest BCUT2D eigenvalue weighted by atomic mass is 10.1. The van der Waals surface area contributed by atoms with Crippen molar-refractivity contribution in [2.24, 2.45) is 0 Å². The molecule has 0 bridgehead atoms. The Morgan fingerprint density at radius 2 is 1.80 bits per heavy atom. The fourth-order valence-corrected chi connectivity index (χ4v) is 5.97. The first-order chi connectivity index (χ1) is 14.4. The maximum atomic E-state index is 12.7. The number of rotatable bonds is 5. The van der Waals surface area contributed by atoms with Gasteiger partial charge in [-0.05, 0) is 64.8 Å². The number of halogens is 3. The van der Waals surface area contributed by atoms with E-state index in [2.05, 4.69) is 63.0 Å². The molecule has 7 heteroatoms. The van der Waals surface area contributed by atoms with Crippen LogP contribution in [0.2, 0.25) is 5.02 Å². The molecule has 1 fully saturated rings. The summed E-state index contributed by atoms with van der Waals surface area (Å²) >= 11 is 14.9. The van der Waals surface area contributed by atoms with E-state index in [1.165, 1.54) is 5.56 Å². The lowest BCUT2D eigenvalue weighted by Crippen LogP contribution is -2.28. The third kappa shape index (κ3) is 4.72. The number of thioether (sulfide) groups is 1. The van der Waals surface area contributed by atoms with Gasteiger partial charge in [0.05, 0.1) is 10.2 Å². The van der Waals surface area contributed by atoms with Crippen molar-refractivity contribution in [3.63, 3.8) is 0 Å². The first-order valence-electron chi connectivity index (χ1n) is 9.29. The van der Waals surface area contributed by atoms with Gasteiger partial charge < -0.3 is 4.74 Å². The highest BCUT2D eigenvalue weighted by Gasteiger charge is 2.36. The second-order valence-electron chi connectivity index (χ2n) is 6.98. The molecule has 0 radical (unpaired) electrons. The molecule has 0 N–H and O–H groups in total. The molecule has 0 unspecified atom stereocenters. The number of benzene rings is 3. The largest absolute Gasteiger partial charge is 0.487 e. The Balaban J connectivity index is 1.69. The molecule has 3 aromatic rings. The summed E-state index contributed by atoms with van der Waals surface area (Å²) in [4.78, 5) is 14.6. The van der Waals surface area contributed by atoms with E-state index in [0.29, 0.717) is 17.4 Å². The van der Waals surface area contributed by atoms with Gasteiger partial charge in [-0.3, -0.25) is 9.69 Å². The van der Waals surface area contributed by atoms with E-state index in [1.54, 1.807) is 23.9 Å². The van der Waals surface area contributed by atoms with E-state index < -0.39 is 0 Å². The van der Waals surface area contributed by atoms with Crippen LogP contribution >= 0.6 is 55.2 Å². The topological polar surface area (TPSA) is 29.5 Å². The fraction of sp³-hybridized carbons (Fsp3) is 0.174. The summed E-state index contributed by atoms with van der Waals surface area (Å²) in [6.45, 7) is 2.51. The quantitative estimate of drug-likeness (QED) is 0.319. The average molecular weight is 568 g/mol. The summed E-state index contributed by atoms with van der Waals surface area (Å²) in [6, 6.07) is 19.6. The Kier molecular flexibility index (Phi) is 6.78. The Morgan fingerprint density at radius 1 is 1.10 bits per heavy atom. The standard InChI is InChI=1S/C23H18Br2ClNO2S/c1-14-2-4-15(5-3-14)12-29-22-19(10-16(24)11-20(22)25)23-27(21(28)13-30-23)18-8-6-17(26)7-9-18/h2-11,23H,12-13H2,1H3/t23-/m0/s1. The van der Waals surface area contributed by atoms with Crippen molar-refractivity contribution >= 4 is 66.8 Å². The molecular weight excluding hydrogens is 550 g/mol. The molecule has 1 aliphatic rings. The van der Waals surface area contributed by atoms with Crippen LogP contribution in [0.5, 0.6) is 5.75 Å². The number of amides is 1. The van der Waals surface area contributed by atoms with Crippen molar-refractivity contribution in [1.82, 2.24) is 0 Å². The van der Waals surface area contributed by atoms with Gasteiger partial charge in [-0.25, -0.2) is 0 Å². The highest BCUT2D eigenvalue weighted by molar-refractivity contribution is 9.11. The Hall–Kier alpha value is -1.47.